The van der Waals surface area contributed by atoms with Gasteiger partial charge in [-0.2, -0.15) is 0 Å². The van der Waals surface area contributed by atoms with Crippen LogP contribution in [0.5, 0.6) is 0 Å². The minimum atomic E-state index is 0.843. The van der Waals surface area contributed by atoms with Crippen molar-refractivity contribution >= 4 is 21.9 Å². The van der Waals surface area contributed by atoms with Gasteiger partial charge in [0.1, 0.15) is 0 Å². The molecular formula is C16H14N4. The molecule has 4 aromatic heterocycles. The monoisotopic (exact) mass is 262 g/mol. The van der Waals surface area contributed by atoms with E-state index < -0.39 is 0 Å². The molecule has 0 saturated heterocycles. The Labute approximate surface area is 115 Å². The van der Waals surface area contributed by atoms with Gasteiger partial charge in [0, 0.05) is 47.3 Å². The fourth-order valence-electron chi connectivity index (χ4n) is 2.63. The lowest BCUT2D eigenvalue weighted by Gasteiger charge is -1.99. The summed E-state index contributed by atoms with van der Waals surface area (Å²) in [7, 11) is 0. The number of rotatable bonds is 2. The highest BCUT2D eigenvalue weighted by Crippen LogP contribution is 2.19. The molecular weight excluding hydrogens is 248 g/mol. The van der Waals surface area contributed by atoms with Gasteiger partial charge in [0.15, 0.2) is 0 Å². The van der Waals surface area contributed by atoms with Crippen LogP contribution in [0.4, 0.5) is 0 Å². The minimum Gasteiger partial charge on any atom is -0.358 e. The van der Waals surface area contributed by atoms with Crippen molar-refractivity contribution in [2.24, 2.45) is 0 Å². The third-order valence-electron chi connectivity index (χ3n) is 3.53. The molecule has 2 N–H and O–H groups in total. The zero-order chi connectivity index (χ0) is 13.5. The smallest absolute Gasteiger partial charge is 0.0881 e. The molecule has 4 aromatic rings. The largest absolute Gasteiger partial charge is 0.358 e. The van der Waals surface area contributed by atoms with Crippen molar-refractivity contribution in [3.8, 4) is 0 Å². The molecule has 0 amide bonds. The van der Waals surface area contributed by atoms with E-state index in [2.05, 4.69) is 38.1 Å². The summed E-state index contributed by atoms with van der Waals surface area (Å²) in [5.74, 6) is 0. The highest BCUT2D eigenvalue weighted by atomic mass is 14.8. The van der Waals surface area contributed by atoms with Crippen LogP contribution in [0.25, 0.3) is 21.9 Å². The van der Waals surface area contributed by atoms with Crippen molar-refractivity contribution in [3.05, 3.63) is 59.8 Å². The molecule has 0 bridgehead atoms. The molecule has 0 spiro atoms. The number of aromatic amines is 2. The molecule has 0 saturated carbocycles. The lowest BCUT2D eigenvalue weighted by Crippen LogP contribution is -1.89. The number of nitrogens with zero attached hydrogens (tertiary/aromatic N) is 2. The van der Waals surface area contributed by atoms with E-state index in [0.717, 1.165) is 34.1 Å². The molecule has 0 aromatic carbocycles. The van der Waals surface area contributed by atoms with Crippen molar-refractivity contribution in [2.45, 2.75) is 13.3 Å². The van der Waals surface area contributed by atoms with Crippen LogP contribution < -0.4 is 0 Å². The van der Waals surface area contributed by atoms with Crippen molar-refractivity contribution in [2.75, 3.05) is 0 Å². The van der Waals surface area contributed by atoms with E-state index in [-0.39, 0.29) is 0 Å². The number of fused-ring (bicyclic) bond motifs is 2. The van der Waals surface area contributed by atoms with Gasteiger partial charge in [-0.05, 0) is 36.8 Å². The standard InChI is InChI=1S/C16H14N4/c1-10-4-15-16(19-10)6-11(8-18-15)5-13-7-12-9-17-3-2-14(12)20-13/h2-4,6-9,19-20H,5H2,1H3. The SMILES string of the molecule is Cc1cc2ncc(Cc3cc4cnccc4[nH]3)cc2[nH]1. The van der Waals surface area contributed by atoms with Crippen LogP contribution in [-0.2, 0) is 6.42 Å². The van der Waals surface area contributed by atoms with Gasteiger partial charge in [-0.25, -0.2) is 0 Å². The molecule has 4 nitrogen and oxygen atoms in total. The first-order valence-corrected chi connectivity index (χ1v) is 6.64. The predicted octanol–water partition coefficient (Wildman–Crippen LogP) is 3.34. The molecule has 0 aliphatic heterocycles. The Morgan fingerprint density at radius 1 is 1.05 bits per heavy atom. The van der Waals surface area contributed by atoms with Crippen molar-refractivity contribution in [3.63, 3.8) is 0 Å². The normalized spacial score (nSPS) is 11.4. The number of pyridine rings is 2. The summed E-state index contributed by atoms with van der Waals surface area (Å²) in [6.45, 7) is 2.05. The summed E-state index contributed by atoms with van der Waals surface area (Å²) < 4.78 is 0. The van der Waals surface area contributed by atoms with E-state index in [4.69, 9.17) is 0 Å². The van der Waals surface area contributed by atoms with Gasteiger partial charge in [0.25, 0.3) is 0 Å². The lowest BCUT2D eigenvalue weighted by atomic mass is 10.1. The molecule has 20 heavy (non-hydrogen) atoms. The first-order chi connectivity index (χ1) is 9.78. The second kappa shape index (κ2) is 4.20. The minimum absolute atomic E-state index is 0.843. The molecule has 0 fully saturated rings. The quantitative estimate of drug-likeness (QED) is 0.582. The van der Waals surface area contributed by atoms with E-state index >= 15 is 0 Å². The summed E-state index contributed by atoms with van der Waals surface area (Å²) in [4.78, 5) is 15.4. The summed E-state index contributed by atoms with van der Waals surface area (Å²) in [5.41, 5.74) is 6.75. The molecule has 4 heteroatoms. The average molecular weight is 262 g/mol. The van der Waals surface area contributed by atoms with Gasteiger partial charge in [0.05, 0.1) is 11.0 Å². The Hall–Kier alpha value is -2.62. The maximum atomic E-state index is 4.49. The van der Waals surface area contributed by atoms with Crippen LogP contribution in [0.2, 0.25) is 0 Å². The number of aryl methyl sites for hydroxylation is 1. The van der Waals surface area contributed by atoms with Crippen LogP contribution in [0.15, 0.2) is 42.9 Å². The Balaban J connectivity index is 1.72. The Kier molecular flexibility index (Phi) is 2.36. The maximum Gasteiger partial charge on any atom is 0.0881 e. The van der Waals surface area contributed by atoms with E-state index in [1.807, 2.05) is 25.4 Å². The lowest BCUT2D eigenvalue weighted by molar-refractivity contribution is 1.10. The van der Waals surface area contributed by atoms with Gasteiger partial charge in [0.2, 0.25) is 0 Å². The summed E-state index contributed by atoms with van der Waals surface area (Å²) in [6, 6.07) is 8.37. The molecule has 98 valence electrons. The molecule has 0 radical (unpaired) electrons. The fourth-order valence-corrected chi connectivity index (χ4v) is 2.63. The van der Waals surface area contributed by atoms with Crippen LogP contribution in [0.1, 0.15) is 17.0 Å². The second-order valence-electron chi connectivity index (χ2n) is 5.16. The number of H-pyrrole nitrogens is 2. The summed E-state index contributed by atoms with van der Waals surface area (Å²) >= 11 is 0. The van der Waals surface area contributed by atoms with Gasteiger partial charge >= 0.3 is 0 Å². The first-order valence-electron chi connectivity index (χ1n) is 6.64. The van der Waals surface area contributed by atoms with Crippen molar-refractivity contribution in [1.82, 2.24) is 19.9 Å². The highest BCUT2D eigenvalue weighted by Gasteiger charge is 2.04. The zero-order valence-corrected chi connectivity index (χ0v) is 11.1. The van der Waals surface area contributed by atoms with Crippen LogP contribution in [0.3, 0.4) is 0 Å². The Morgan fingerprint density at radius 3 is 2.90 bits per heavy atom. The van der Waals surface area contributed by atoms with E-state index in [0.29, 0.717) is 0 Å². The second-order valence-corrected chi connectivity index (χ2v) is 5.16. The Morgan fingerprint density at radius 2 is 2.00 bits per heavy atom. The zero-order valence-electron chi connectivity index (χ0n) is 11.1. The topological polar surface area (TPSA) is 57.4 Å². The predicted molar refractivity (Wildman–Crippen MR) is 79.7 cm³/mol. The number of hydrogen-bond acceptors (Lipinski definition) is 2. The molecule has 0 aliphatic rings. The third-order valence-corrected chi connectivity index (χ3v) is 3.53. The average Bonchev–Trinajstić information content (AvgIpc) is 2.99. The molecule has 4 heterocycles. The van der Waals surface area contributed by atoms with Crippen molar-refractivity contribution in [1.29, 1.82) is 0 Å². The number of nitrogens with one attached hydrogen (secondary N) is 2. The van der Waals surface area contributed by atoms with Gasteiger partial charge in [-0.1, -0.05) is 0 Å². The van der Waals surface area contributed by atoms with Gasteiger partial charge in [-0.3, -0.25) is 9.97 Å². The molecule has 0 aliphatic carbocycles. The molecule has 4 rings (SSSR count). The van der Waals surface area contributed by atoms with E-state index in [9.17, 15) is 0 Å². The maximum absolute atomic E-state index is 4.49. The van der Waals surface area contributed by atoms with Crippen LogP contribution in [0, 0.1) is 6.92 Å². The Bertz CT molecular complexity index is 868. The highest BCUT2D eigenvalue weighted by molar-refractivity contribution is 5.79. The number of aromatic nitrogens is 4. The fraction of sp³-hybridized carbons (Fsp3) is 0.125. The summed E-state index contributed by atoms with van der Waals surface area (Å²) in [5, 5.41) is 1.15. The molecule has 0 atom stereocenters. The van der Waals surface area contributed by atoms with Crippen LogP contribution >= 0.6 is 0 Å². The third kappa shape index (κ3) is 1.86. The van der Waals surface area contributed by atoms with E-state index in [1.54, 1.807) is 6.20 Å². The molecule has 0 unspecified atom stereocenters. The first kappa shape index (κ1) is 11.2. The van der Waals surface area contributed by atoms with Gasteiger partial charge in [-0.15, -0.1) is 0 Å². The van der Waals surface area contributed by atoms with E-state index in [1.165, 1.54) is 11.3 Å². The van der Waals surface area contributed by atoms with Crippen molar-refractivity contribution < 1.29 is 0 Å². The number of hydrogen-bond donors (Lipinski definition) is 2. The van der Waals surface area contributed by atoms with Crippen LogP contribution in [-0.4, -0.2) is 19.9 Å². The van der Waals surface area contributed by atoms with Gasteiger partial charge < -0.3 is 9.97 Å². The summed E-state index contributed by atoms with van der Waals surface area (Å²) in [6.07, 6.45) is 6.47.